The third-order valence-corrected chi connectivity index (χ3v) is 3.23. The van der Waals surface area contributed by atoms with Crippen molar-refractivity contribution < 1.29 is 0 Å². The average molecular weight is 195 g/mol. The Morgan fingerprint density at radius 3 is 2.57 bits per heavy atom. The smallest absolute Gasteiger partial charge is 0.108 e. The summed E-state index contributed by atoms with van der Waals surface area (Å²) in [5.41, 5.74) is 0. The summed E-state index contributed by atoms with van der Waals surface area (Å²) < 4.78 is 0. The highest BCUT2D eigenvalue weighted by Crippen LogP contribution is 2.19. The van der Waals surface area contributed by atoms with E-state index in [2.05, 4.69) is 23.2 Å². The van der Waals surface area contributed by atoms with Crippen molar-refractivity contribution in [3.05, 3.63) is 0 Å². The molecule has 1 atom stereocenters. The minimum absolute atomic E-state index is 0.00632. The maximum absolute atomic E-state index is 8.82. The zero-order valence-corrected chi connectivity index (χ0v) is 9.29. The largest absolute Gasteiger partial charge is 0.304 e. The van der Waals surface area contributed by atoms with E-state index >= 15 is 0 Å². The molecule has 0 saturated carbocycles. The van der Waals surface area contributed by atoms with Gasteiger partial charge in [-0.3, -0.25) is 0 Å². The van der Waals surface area contributed by atoms with Crippen LogP contribution >= 0.6 is 0 Å². The van der Waals surface area contributed by atoms with Gasteiger partial charge >= 0.3 is 0 Å². The molecule has 1 rings (SSSR count). The second-order valence-electron chi connectivity index (χ2n) is 4.12. The van der Waals surface area contributed by atoms with Gasteiger partial charge in [0.15, 0.2) is 0 Å². The standard InChI is InChI=1S/C11H21N3/c1-3-10-4-6-14(7-5-10)9-11(8-12)13-2/h10-11,13H,3-7,9H2,1-2H3. The number of likely N-dealkylation sites (tertiary alicyclic amines) is 1. The van der Waals surface area contributed by atoms with Crippen LogP contribution in [-0.4, -0.2) is 37.6 Å². The minimum Gasteiger partial charge on any atom is -0.304 e. The summed E-state index contributed by atoms with van der Waals surface area (Å²) in [7, 11) is 1.85. The van der Waals surface area contributed by atoms with E-state index in [0.717, 1.165) is 12.5 Å². The van der Waals surface area contributed by atoms with E-state index in [9.17, 15) is 0 Å². The highest BCUT2D eigenvalue weighted by molar-refractivity contribution is 4.91. The van der Waals surface area contributed by atoms with Crippen molar-refractivity contribution in [1.29, 1.82) is 5.26 Å². The molecular formula is C11H21N3. The molecule has 3 nitrogen and oxygen atoms in total. The van der Waals surface area contributed by atoms with Crippen molar-refractivity contribution in [2.45, 2.75) is 32.2 Å². The molecule has 1 aliphatic heterocycles. The average Bonchev–Trinajstić information content (AvgIpc) is 2.26. The van der Waals surface area contributed by atoms with Gasteiger partial charge < -0.3 is 10.2 Å². The SMILES string of the molecule is CCC1CCN(CC(C#N)NC)CC1. The first kappa shape index (κ1) is 11.5. The number of hydrogen-bond donors (Lipinski definition) is 1. The molecule has 0 amide bonds. The van der Waals surface area contributed by atoms with Crippen LogP contribution in [0.25, 0.3) is 0 Å². The van der Waals surface area contributed by atoms with Crippen molar-refractivity contribution in [3.8, 4) is 6.07 Å². The summed E-state index contributed by atoms with van der Waals surface area (Å²) in [5, 5.41) is 11.8. The van der Waals surface area contributed by atoms with Gasteiger partial charge in [-0.15, -0.1) is 0 Å². The highest BCUT2D eigenvalue weighted by atomic mass is 15.1. The van der Waals surface area contributed by atoms with Crippen LogP contribution < -0.4 is 5.32 Å². The third kappa shape index (κ3) is 3.28. The van der Waals surface area contributed by atoms with Crippen molar-refractivity contribution in [2.24, 2.45) is 5.92 Å². The monoisotopic (exact) mass is 195 g/mol. The Morgan fingerprint density at radius 2 is 2.14 bits per heavy atom. The maximum atomic E-state index is 8.82. The first-order valence-corrected chi connectivity index (χ1v) is 5.59. The molecule has 0 radical (unpaired) electrons. The Hall–Kier alpha value is -0.590. The second-order valence-corrected chi connectivity index (χ2v) is 4.12. The van der Waals surface area contributed by atoms with Gasteiger partial charge in [-0.2, -0.15) is 5.26 Å². The number of piperidine rings is 1. The lowest BCUT2D eigenvalue weighted by molar-refractivity contribution is 0.175. The van der Waals surface area contributed by atoms with E-state index in [1.807, 2.05) is 7.05 Å². The maximum Gasteiger partial charge on any atom is 0.108 e. The topological polar surface area (TPSA) is 39.1 Å². The molecule has 1 N–H and O–H groups in total. The highest BCUT2D eigenvalue weighted by Gasteiger charge is 2.19. The number of likely N-dealkylation sites (N-methyl/N-ethyl adjacent to an activating group) is 1. The van der Waals surface area contributed by atoms with Crippen LogP contribution in [0.5, 0.6) is 0 Å². The van der Waals surface area contributed by atoms with Crippen LogP contribution in [0.4, 0.5) is 0 Å². The molecule has 1 fully saturated rings. The Morgan fingerprint density at radius 1 is 1.50 bits per heavy atom. The summed E-state index contributed by atoms with van der Waals surface area (Å²) in [6.07, 6.45) is 3.91. The fourth-order valence-electron chi connectivity index (χ4n) is 2.03. The molecule has 1 heterocycles. The van der Waals surface area contributed by atoms with Crippen molar-refractivity contribution in [3.63, 3.8) is 0 Å². The van der Waals surface area contributed by atoms with Gasteiger partial charge in [0.2, 0.25) is 0 Å². The molecule has 3 heteroatoms. The van der Waals surface area contributed by atoms with E-state index in [0.29, 0.717) is 0 Å². The van der Waals surface area contributed by atoms with Gasteiger partial charge in [-0.05, 0) is 38.9 Å². The molecule has 1 saturated heterocycles. The van der Waals surface area contributed by atoms with E-state index in [4.69, 9.17) is 5.26 Å². The molecule has 0 aromatic carbocycles. The Bertz CT molecular complexity index is 189. The van der Waals surface area contributed by atoms with E-state index in [1.54, 1.807) is 0 Å². The van der Waals surface area contributed by atoms with Gasteiger partial charge in [0.1, 0.15) is 6.04 Å². The predicted molar refractivity (Wildman–Crippen MR) is 57.9 cm³/mol. The Balaban J connectivity index is 2.25. The number of rotatable bonds is 4. The van der Waals surface area contributed by atoms with Crippen molar-refractivity contribution in [1.82, 2.24) is 10.2 Å². The molecule has 0 aromatic heterocycles. The number of hydrogen-bond acceptors (Lipinski definition) is 3. The lowest BCUT2D eigenvalue weighted by Crippen LogP contribution is -2.42. The zero-order chi connectivity index (χ0) is 10.4. The van der Waals surface area contributed by atoms with E-state index in [-0.39, 0.29) is 6.04 Å². The summed E-state index contributed by atoms with van der Waals surface area (Å²) in [6, 6.07) is 2.27. The minimum atomic E-state index is -0.00632. The first-order chi connectivity index (χ1) is 6.80. The van der Waals surface area contributed by atoms with Gasteiger partial charge in [0.25, 0.3) is 0 Å². The van der Waals surface area contributed by atoms with Crippen LogP contribution in [0.2, 0.25) is 0 Å². The molecule has 0 spiro atoms. The molecular weight excluding hydrogens is 174 g/mol. The lowest BCUT2D eigenvalue weighted by atomic mass is 9.94. The molecule has 0 bridgehead atoms. The number of nitrogens with zero attached hydrogens (tertiary/aromatic N) is 2. The van der Waals surface area contributed by atoms with Crippen molar-refractivity contribution >= 4 is 0 Å². The Kier molecular flexibility index (Phi) is 4.92. The molecule has 0 aromatic rings. The third-order valence-electron chi connectivity index (χ3n) is 3.23. The van der Waals surface area contributed by atoms with Crippen LogP contribution in [0, 0.1) is 17.2 Å². The van der Waals surface area contributed by atoms with E-state index < -0.39 is 0 Å². The fourth-order valence-corrected chi connectivity index (χ4v) is 2.03. The van der Waals surface area contributed by atoms with Crippen LogP contribution in [0.1, 0.15) is 26.2 Å². The quantitative estimate of drug-likeness (QED) is 0.733. The zero-order valence-electron chi connectivity index (χ0n) is 9.29. The van der Waals surface area contributed by atoms with Gasteiger partial charge in [-0.1, -0.05) is 13.3 Å². The van der Waals surface area contributed by atoms with Gasteiger partial charge in [0.05, 0.1) is 6.07 Å². The Labute approximate surface area is 87.1 Å². The summed E-state index contributed by atoms with van der Waals surface area (Å²) >= 11 is 0. The lowest BCUT2D eigenvalue weighted by Gasteiger charge is -2.32. The molecule has 0 aliphatic carbocycles. The van der Waals surface area contributed by atoms with Crippen LogP contribution in [-0.2, 0) is 0 Å². The molecule has 1 aliphatic rings. The normalized spacial score (nSPS) is 21.8. The van der Waals surface area contributed by atoms with Crippen molar-refractivity contribution in [2.75, 3.05) is 26.7 Å². The summed E-state index contributed by atoms with van der Waals surface area (Å²) in [4.78, 5) is 2.40. The number of nitriles is 1. The van der Waals surface area contributed by atoms with Crippen LogP contribution in [0.3, 0.4) is 0 Å². The summed E-state index contributed by atoms with van der Waals surface area (Å²) in [6.45, 7) is 5.48. The predicted octanol–water partition coefficient (Wildman–Crippen LogP) is 1.22. The van der Waals surface area contributed by atoms with E-state index in [1.165, 1.54) is 32.4 Å². The van der Waals surface area contributed by atoms with Gasteiger partial charge in [0, 0.05) is 6.54 Å². The van der Waals surface area contributed by atoms with Crippen LogP contribution in [0.15, 0.2) is 0 Å². The fraction of sp³-hybridized carbons (Fsp3) is 0.909. The molecule has 14 heavy (non-hydrogen) atoms. The first-order valence-electron chi connectivity index (χ1n) is 5.59. The number of nitrogens with one attached hydrogen (secondary N) is 1. The summed E-state index contributed by atoms with van der Waals surface area (Å²) in [5.74, 6) is 0.918. The molecule has 80 valence electrons. The second kappa shape index (κ2) is 6.00. The molecule has 1 unspecified atom stereocenters. The van der Waals surface area contributed by atoms with Gasteiger partial charge in [-0.25, -0.2) is 0 Å².